The highest BCUT2D eigenvalue weighted by atomic mass is 32.2. The second kappa shape index (κ2) is 5.37. The predicted molar refractivity (Wildman–Crippen MR) is 64.3 cm³/mol. The first-order valence-electron chi connectivity index (χ1n) is 4.53. The molecule has 0 aromatic carbocycles. The fraction of sp³-hybridized carbons (Fsp3) is 0.556. The average molecular weight is 246 g/mol. The van der Waals surface area contributed by atoms with Crippen LogP contribution in [0.2, 0.25) is 0 Å². The van der Waals surface area contributed by atoms with Crippen LogP contribution in [0.15, 0.2) is 0 Å². The Morgan fingerprint density at radius 2 is 2.27 bits per heavy atom. The van der Waals surface area contributed by atoms with Crippen LogP contribution in [0, 0.1) is 6.92 Å². The summed E-state index contributed by atoms with van der Waals surface area (Å²) < 4.78 is 15.0. The Balaban J connectivity index is 2.69. The van der Waals surface area contributed by atoms with E-state index in [-0.39, 0.29) is 5.78 Å². The number of aromatic nitrogens is 1. The molecule has 0 fully saturated rings. The molecular weight excluding hydrogens is 232 g/mol. The average Bonchev–Trinajstić information content (AvgIpc) is 2.46. The van der Waals surface area contributed by atoms with Crippen LogP contribution in [-0.4, -0.2) is 32.9 Å². The second-order valence-corrected chi connectivity index (χ2v) is 5.56. The van der Waals surface area contributed by atoms with Crippen LogP contribution >= 0.6 is 11.5 Å². The molecule has 0 aliphatic carbocycles. The maximum atomic E-state index is 11.3. The van der Waals surface area contributed by atoms with Gasteiger partial charge in [-0.25, -0.2) is 0 Å². The lowest BCUT2D eigenvalue weighted by Crippen LogP contribution is -2.10. The zero-order chi connectivity index (χ0) is 11.4. The highest BCUT2D eigenvalue weighted by Crippen LogP contribution is 2.24. The molecule has 84 valence electrons. The van der Waals surface area contributed by atoms with Crippen molar-refractivity contribution in [3.63, 3.8) is 0 Å². The minimum atomic E-state index is -0.813. The largest absolute Gasteiger partial charge is 0.374 e. The van der Waals surface area contributed by atoms with Gasteiger partial charge in [0.1, 0.15) is 5.00 Å². The number of rotatable bonds is 5. The summed E-state index contributed by atoms with van der Waals surface area (Å²) in [6.45, 7) is 3.95. The van der Waals surface area contributed by atoms with E-state index in [0.717, 1.165) is 10.7 Å². The van der Waals surface area contributed by atoms with Crippen molar-refractivity contribution in [3.8, 4) is 0 Å². The molecule has 4 nitrogen and oxygen atoms in total. The number of aryl methyl sites for hydroxylation is 1. The van der Waals surface area contributed by atoms with E-state index >= 15 is 0 Å². The van der Waals surface area contributed by atoms with E-state index in [9.17, 15) is 9.00 Å². The minimum Gasteiger partial charge on any atom is -0.374 e. The molecule has 1 aromatic heterocycles. The molecule has 1 unspecified atom stereocenters. The van der Waals surface area contributed by atoms with Crippen LogP contribution in [0.5, 0.6) is 0 Å². The van der Waals surface area contributed by atoms with Crippen LogP contribution in [-0.2, 0) is 10.8 Å². The van der Waals surface area contributed by atoms with E-state index in [1.165, 1.54) is 18.5 Å². The number of ketones is 1. The fourth-order valence-electron chi connectivity index (χ4n) is 1.21. The quantitative estimate of drug-likeness (QED) is 0.799. The summed E-state index contributed by atoms with van der Waals surface area (Å²) in [4.78, 5) is 11.3. The predicted octanol–water partition coefficient (Wildman–Crippen LogP) is 1.44. The van der Waals surface area contributed by atoms with E-state index in [4.69, 9.17) is 0 Å². The molecule has 0 bridgehead atoms. The first-order valence-corrected chi connectivity index (χ1v) is 7.03. The van der Waals surface area contributed by atoms with Crippen molar-refractivity contribution in [1.82, 2.24) is 4.37 Å². The van der Waals surface area contributed by atoms with Gasteiger partial charge in [0.25, 0.3) is 0 Å². The highest BCUT2D eigenvalue weighted by Gasteiger charge is 2.14. The molecule has 15 heavy (non-hydrogen) atoms. The summed E-state index contributed by atoms with van der Waals surface area (Å²) in [5.41, 5.74) is 1.41. The highest BCUT2D eigenvalue weighted by molar-refractivity contribution is 7.84. The second-order valence-electron chi connectivity index (χ2n) is 3.23. The number of carbonyl (C=O) groups is 1. The number of anilines is 1. The first-order chi connectivity index (χ1) is 7.02. The van der Waals surface area contributed by atoms with Crippen molar-refractivity contribution in [2.24, 2.45) is 0 Å². The fourth-order valence-corrected chi connectivity index (χ4v) is 2.47. The Labute approximate surface area is 95.7 Å². The molecule has 0 radical (unpaired) electrons. The Hall–Kier alpha value is -0.750. The number of hydrogen-bond donors (Lipinski definition) is 1. The van der Waals surface area contributed by atoms with Crippen LogP contribution in [0.4, 0.5) is 5.00 Å². The lowest BCUT2D eigenvalue weighted by atomic mass is 10.2. The lowest BCUT2D eigenvalue weighted by molar-refractivity contribution is 0.101. The zero-order valence-electron chi connectivity index (χ0n) is 8.99. The van der Waals surface area contributed by atoms with Gasteiger partial charge in [0.15, 0.2) is 5.78 Å². The van der Waals surface area contributed by atoms with E-state index < -0.39 is 10.8 Å². The van der Waals surface area contributed by atoms with Gasteiger partial charge >= 0.3 is 0 Å². The smallest absolute Gasteiger partial charge is 0.164 e. The van der Waals surface area contributed by atoms with Gasteiger partial charge in [0.2, 0.25) is 0 Å². The summed E-state index contributed by atoms with van der Waals surface area (Å²) in [5.74, 6) is 0.593. The first kappa shape index (κ1) is 12.3. The summed E-state index contributed by atoms with van der Waals surface area (Å²) in [6.07, 6.45) is 1.66. The molecule has 0 saturated carbocycles. The van der Waals surface area contributed by atoms with Crippen LogP contribution < -0.4 is 5.32 Å². The Morgan fingerprint density at radius 1 is 1.60 bits per heavy atom. The molecule has 0 saturated heterocycles. The maximum Gasteiger partial charge on any atom is 0.164 e. The van der Waals surface area contributed by atoms with E-state index in [2.05, 4.69) is 9.69 Å². The van der Waals surface area contributed by atoms with Crippen LogP contribution in [0.25, 0.3) is 0 Å². The lowest BCUT2D eigenvalue weighted by Gasteiger charge is -2.03. The summed E-state index contributed by atoms with van der Waals surface area (Å²) in [6, 6.07) is 0. The van der Waals surface area contributed by atoms with Crippen molar-refractivity contribution in [1.29, 1.82) is 0 Å². The number of nitrogens with zero attached hydrogens (tertiary/aromatic N) is 1. The molecule has 1 rings (SSSR count). The third kappa shape index (κ3) is 3.39. The van der Waals surface area contributed by atoms with Crippen molar-refractivity contribution in [3.05, 3.63) is 11.3 Å². The van der Waals surface area contributed by atoms with Gasteiger partial charge in [-0.3, -0.25) is 9.00 Å². The molecule has 1 N–H and O–H groups in total. The number of carbonyl (C=O) groups excluding carboxylic acids is 1. The van der Waals surface area contributed by atoms with Gasteiger partial charge in [0, 0.05) is 29.4 Å². The molecule has 6 heteroatoms. The van der Waals surface area contributed by atoms with Crippen molar-refractivity contribution >= 4 is 33.1 Å². The molecular formula is C9H14N2O2S2. The standard InChI is InChI=1S/C9H14N2O2S2/c1-6-8(7(2)12)9(14-11-6)10-4-5-15(3)13/h10H,4-5H2,1-3H3. The molecule has 0 aliphatic rings. The van der Waals surface area contributed by atoms with E-state index in [1.807, 2.05) is 6.92 Å². The van der Waals surface area contributed by atoms with Crippen molar-refractivity contribution in [2.75, 3.05) is 23.9 Å². The van der Waals surface area contributed by atoms with Gasteiger partial charge in [-0.2, -0.15) is 4.37 Å². The molecule has 1 aromatic rings. The Morgan fingerprint density at radius 3 is 2.80 bits per heavy atom. The van der Waals surface area contributed by atoms with Gasteiger partial charge in [-0.1, -0.05) is 0 Å². The monoisotopic (exact) mass is 246 g/mol. The third-order valence-corrected chi connectivity index (χ3v) is 3.57. The molecule has 1 atom stereocenters. The third-order valence-electron chi connectivity index (χ3n) is 1.89. The number of hydrogen-bond acceptors (Lipinski definition) is 5. The number of nitrogens with one attached hydrogen (secondary N) is 1. The Kier molecular flexibility index (Phi) is 4.41. The number of Topliss-reactive ketones (excluding diaryl/α,β-unsaturated/α-hetero) is 1. The molecule has 0 amide bonds. The van der Waals surface area contributed by atoms with Crippen molar-refractivity contribution in [2.45, 2.75) is 13.8 Å². The van der Waals surface area contributed by atoms with Crippen LogP contribution in [0.3, 0.4) is 0 Å². The van der Waals surface area contributed by atoms with E-state index in [1.54, 1.807) is 6.26 Å². The Bertz CT molecular complexity index is 387. The summed E-state index contributed by atoms with van der Waals surface area (Å²) >= 11 is 1.28. The summed E-state index contributed by atoms with van der Waals surface area (Å²) in [5, 5.41) is 3.87. The van der Waals surface area contributed by atoms with Crippen molar-refractivity contribution < 1.29 is 9.00 Å². The van der Waals surface area contributed by atoms with Gasteiger partial charge in [0.05, 0.1) is 11.3 Å². The van der Waals surface area contributed by atoms with Gasteiger partial charge in [-0.15, -0.1) is 0 Å². The minimum absolute atomic E-state index is 0.0152. The van der Waals surface area contributed by atoms with Crippen LogP contribution in [0.1, 0.15) is 23.0 Å². The van der Waals surface area contributed by atoms with Gasteiger partial charge in [-0.05, 0) is 25.4 Å². The SMILES string of the molecule is CC(=O)c1c(C)nsc1NCCS(C)=O. The summed E-state index contributed by atoms with van der Waals surface area (Å²) in [7, 11) is -0.813. The molecule has 0 aliphatic heterocycles. The normalized spacial score (nSPS) is 12.5. The van der Waals surface area contributed by atoms with E-state index in [0.29, 0.717) is 17.9 Å². The van der Waals surface area contributed by atoms with Gasteiger partial charge < -0.3 is 5.32 Å². The molecule has 1 heterocycles. The topological polar surface area (TPSA) is 59.1 Å². The zero-order valence-corrected chi connectivity index (χ0v) is 10.6. The molecule has 0 spiro atoms. The maximum absolute atomic E-state index is 11.3.